The third-order valence-electron chi connectivity index (χ3n) is 9.75. The lowest BCUT2D eigenvalue weighted by atomic mass is 9.90. The van der Waals surface area contributed by atoms with E-state index in [4.69, 9.17) is 13.9 Å². The minimum absolute atomic E-state index is 0.0492. The van der Waals surface area contributed by atoms with Crippen LogP contribution in [0.1, 0.15) is 121 Å². The first-order valence-corrected chi connectivity index (χ1v) is 20.1. The van der Waals surface area contributed by atoms with Crippen LogP contribution in [0.15, 0.2) is 63.8 Å². The van der Waals surface area contributed by atoms with Crippen molar-refractivity contribution in [3.05, 3.63) is 70.4 Å². The van der Waals surface area contributed by atoms with E-state index in [0.29, 0.717) is 61.1 Å². The van der Waals surface area contributed by atoms with E-state index < -0.39 is 12.0 Å². The standard InChI is InChI=1S/C44H56N2O10/c1-3-5-7-13-25-54-40(49)23-16-30(43(52)55-26-14-8-6-4-2)15-11-9-10-12-24-45-44(53)46-31-17-20-34(37(27-31)42(50)51)41-35-21-18-32(47)28-38(35)56-39-29-33(48)19-22-36(39)41/h17-22,27-30,47H,3-16,23-26H2,1-2H3,(H,50,51)(H2,45,46,53). The van der Waals surface area contributed by atoms with Gasteiger partial charge in [-0.15, -0.1) is 0 Å². The third kappa shape index (κ3) is 13.4. The van der Waals surface area contributed by atoms with Gasteiger partial charge in [-0.2, -0.15) is 0 Å². The number of carboxylic acids is 1. The van der Waals surface area contributed by atoms with Crippen LogP contribution in [-0.4, -0.2) is 53.9 Å². The molecule has 2 aliphatic rings. The molecule has 0 aromatic heterocycles. The average molecular weight is 773 g/mol. The van der Waals surface area contributed by atoms with Crippen LogP contribution in [0.2, 0.25) is 0 Å². The molecule has 1 atom stereocenters. The van der Waals surface area contributed by atoms with Crippen LogP contribution in [0.3, 0.4) is 0 Å². The Labute approximate surface area is 328 Å². The van der Waals surface area contributed by atoms with Crippen LogP contribution in [0.5, 0.6) is 5.75 Å². The van der Waals surface area contributed by atoms with Crippen molar-refractivity contribution in [3.8, 4) is 28.2 Å². The second-order valence-corrected chi connectivity index (χ2v) is 14.2. The zero-order valence-electron chi connectivity index (χ0n) is 32.7. The summed E-state index contributed by atoms with van der Waals surface area (Å²) in [5, 5.41) is 26.3. The van der Waals surface area contributed by atoms with E-state index in [9.17, 15) is 34.2 Å². The Hall–Kier alpha value is -5.39. The number of unbranched alkanes of at least 4 members (excludes halogenated alkanes) is 9. The summed E-state index contributed by atoms with van der Waals surface area (Å²) in [7, 11) is 0. The molecule has 0 saturated carbocycles. The van der Waals surface area contributed by atoms with Crippen molar-refractivity contribution in [1.82, 2.24) is 5.32 Å². The molecule has 4 N–H and O–H groups in total. The molecule has 2 amide bonds. The lowest BCUT2D eigenvalue weighted by molar-refractivity contribution is -0.150. The number of amides is 2. The number of carbonyl (C=O) groups excluding carboxylic acids is 3. The predicted molar refractivity (Wildman–Crippen MR) is 216 cm³/mol. The maximum absolute atomic E-state index is 12.9. The van der Waals surface area contributed by atoms with Crippen molar-refractivity contribution in [2.45, 2.75) is 110 Å². The Morgan fingerprint density at radius 1 is 0.750 bits per heavy atom. The number of anilines is 1. The lowest BCUT2D eigenvalue weighted by Gasteiger charge is -2.17. The maximum Gasteiger partial charge on any atom is 0.336 e. The summed E-state index contributed by atoms with van der Waals surface area (Å²) in [5.74, 6) is -1.93. The van der Waals surface area contributed by atoms with Crippen molar-refractivity contribution in [3.63, 3.8) is 0 Å². The number of fused-ring (bicyclic) bond motifs is 2. The molecule has 0 bridgehead atoms. The Kier molecular flexibility index (Phi) is 17.7. The number of phenolic OH excluding ortho intramolecular Hbond substituents is 1. The Morgan fingerprint density at radius 2 is 1.45 bits per heavy atom. The van der Waals surface area contributed by atoms with Crippen LogP contribution in [0.4, 0.5) is 10.5 Å². The zero-order chi connectivity index (χ0) is 40.3. The van der Waals surface area contributed by atoms with Gasteiger partial charge in [0.2, 0.25) is 0 Å². The highest BCUT2D eigenvalue weighted by molar-refractivity contribution is 6.08. The minimum atomic E-state index is -1.22. The highest BCUT2D eigenvalue weighted by Crippen LogP contribution is 2.42. The quantitative estimate of drug-likeness (QED) is 0.0304. The molecule has 1 heterocycles. The fraction of sp³-hybridized carbons (Fsp3) is 0.477. The smallest absolute Gasteiger partial charge is 0.336 e. The van der Waals surface area contributed by atoms with Gasteiger partial charge in [0, 0.05) is 47.3 Å². The van der Waals surface area contributed by atoms with Crippen LogP contribution >= 0.6 is 0 Å². The summed E-state index contributed by atoms with van der Waals surface area (Å²) in [6.45, 7) is 5.45. The molecule has 4 rings (SSSR count). The molecule has 12 nitrogen and oxygen atoms in total. The van der Waals surface area contributed by atoms with Gasteiger partial charge in [0.15, 0.2) is 5.43 Å². The van der Waals surface area contributed by atoms with Gasteiger partial charge in [-0.25, -0.2) is 9.59 Å². The summed E-state index contributed by atoms with van der Waals surface area (Å²) in [4.78, 5) is 62.6. The van der Waals surface area contributed by atoms with Gasteiger partial charge in [-0.3, -0.25) is 14.4 Å². The van der Waals surface area contributed by atoms with Gasteiger partial charge in [0.1, 0.15) is 17.1 Å². The highest BCUT2D eigenvalue weighted by Gasteiger charge is 2.23. The first-order chi connectivity index (χ1) is 27.1. The fourth-order valence-corrected chi connectivity index (χ4v) is 6.69. The maximum atomic E-state index is 12.9. The van der Waals surface area contributed by atoms with Gasteiger partial charge in [0.25, 0.3) is 0 Å². The second-order valence-electron chi connectivity index (χ2n) is 14.2. The van der Waals surface area contributed by atoms with E-state index in [1.807, 2.05) is 0 Å². The molecule has 1 aliphatic heterocycles. The van der Waals surface area contributed by atoms with Crippen molar-refractivity contribution < 1.29 is 43.3 Å². The van der Waals surface area contributed by atoms with E-state index in [2.05, 4.69) is 24.5 Å². The monoisotopic (exact) mass is 772 g/mol. The summed E-state index contributed by atoms with van der Waals surface area (Å²) in [6.07, 6.45) is 12.5. The molecule has 1 unspecified atom stereocenters. The number of carboxylic acid groups (broad SMARTS) is 1. The lowest BCUT2D eigenvalue weighted by Crippen LogP contribution is -2.29. The van der Waals surface area contributed by atoms with E-state index in [-0.39, 0.29) is 58.0 Å². The molecule has 0 radical (unpaired) electrons. The van der Waals surface area contributed by atoms with E-state index in [0.717, 1.165) is 70.6 Å². The number of urea groups is 1. The molecule has 2 aromatic rings. The van der Waals surface area contributed by atoms with Gasteiger partial charge < -0.3 is 34.7 Å². The number of nitrogens with one attached hydrogen (secondary N) is 2. The zero-order valence-corrected chi connectivity index (χ0v) is 32.7. The van der Waals surface area contributed by atoms with Crippen LogP contribution in [-0.2, 0) is 19.1 Å². The molecular weight excluding hydrogens is 716 g/mol. The van der Waals surface area contributed by atoms with Gasteiger partial charge in [-0.05, 0) is 74.1 Å². The SMILES string of the molecule is CCCCCCOC(=O)CCC(CCCCCCNC(=O)Nc1ccc(-c2c3ccc(=O)cc-3oc3cc(O)ccc23)c(C(=O)O)c1)C(=O)OCCCCCC. The number of phenols is 1. The number of esters is 2. The van der Waals surface area contributed by atoms with E-state index in [1.54, 1.807) is 24.3 Å². The summed E-state index contributed by atoms with van der Waals surface area (Å²) >= 11 is 0. The number of aromatic carboxylic acids is 1. The average Bonchev–Trinajstić information content (AvgIpc) is 3.17. The Morgan fingerprint density at radius 3 is 2.18 bits per heavy atom. The number of hydrogen-bond donors (Lipinski definition) is 4. The van der Waals surface area contributed by atoms with Crippen LogP contribution in [0.25, 0.3) is 33.4 Å². The van der Waals surface area contributed by atoms with E-state index >= 15 is 0 Å². The topological polar surface area (TPSA) is 181 Å². The van der Waals surface area contributed by atoms with Gasteiger partial charge in [0.05, 0.1) is 24.7 Å². The summed E-state index contributed by atoms with van der Waals surface area (Å²) < 4.78 is 16.8. The first-order valence-electron chi connectivity index (χ1n) is 20.1. The Balaban J connectivity index is 1.27. The molecule has 2 aromatic carbocycles. The molecular formula is C44H56N2O10. The number of carbonyl (C=O) groups is 4. The fourth-order valence-electron chi connectivity index (χ4n) is 6.69. The number of ether oxygens (including phenoxy) is 2. The predicted octanol–water partition coefficient (Wildman–Crippen LogP) is 9.68. The van der Waals surface area contributed by atoms with Gasteiger partial charge in [-0.1, -0.05) is 77.7 Å². The molecule has 0 saturated heterocycles. The largest absolute Gasteiger partial charge is 0.508 e. The molecule has 302 valence electrons. The number of aromatic hydroxyl groups is 1. The molecule has 1 aliphatic carbocycles. The second kappa shape index (κ2) is 22.9. The Bertz CT molecular complexity index is 1940. The van der Waals surface area contributed by atoms with Crippen LogP contribution in [0, 0.1) is 5.92 Å². The van der Waals surface area contributed by atoms with Crippen molar-refractivity contribution in [2.24, 2.45) is 5.92 Å². The molecule has 56 heavy (non-hydrogen) atoms. The third-order valence-corrected chi connectivity index (χ3v) is 9.75. The van der Waals surface area contributed by atoms with Crippen LogP contribution < -0.4 is 16.1 Å². The summed E-state index contributed by atoms with van der Waals surface area (Å²) in [6, 6.07) is 12.8. The number of rotatable bonds is 24. The molecule has 0 spiro atoms. The highest BCUT2D eigenvalue weighted by atomic mass is 16.5. The number of benzene rings is 3. The number of hydrogen-bond acceptors (Lipinski definition) is 9. The van der Waals surface area contributed by atoms with Crippen molar-refractivity contribution in [2.75, 3.05) is 25.1 Å². The van der Waals surface area contributed by atoms with Gasteiger partial charge >= 0.3 is 23.9 Å². The summed E-state index contributed by atoms with van der Waals surface area (Å²) in [5.41, 5.74) is 1.57. The minimum Gasteiger partial charge on any atom is -0.508 e. The van der Waals surface area contributed by atoms with Crippen molar-refractivity contribution in [1.29, 1.82) is 0 Å². The normalized spacial score (nSPS) is 11.7. The van der Waals surface area contributed by atoms with E-state index in [1.165, 1.54) is 30.3 Å². The first kappa shape index (κ1) is 43.3. The molecule has 0 fully saturated rings. The molecule has 12 heteroatoms. The van der Waals surface area contributed by atoms with Crippen molar-refractivity contribution >= 4 is 40.6 Å².